The van der Waals surface area contributed by atoms with Crippen molar-refractivity contribution in [1.82, 2.24) is 0 Å². The molecule has 19 heavy (non-hydrogen) atoms. The lowest BCUT2D eigenvalue weighted by atomic mass is 9.77. The van der Waals surface area contributed by atoms with E-state index in [1.54, 1.807) is 0 Å². The molecule has 0 bridgehead atoms. The largest absolute Gasteiger partial charge is 0.392 e. The maximum atomic E-state index is 9.11. The highest BCUT2D eigenvalue weighted by Gasteiger charge is 2.23. The third-order valence-electron chi connectivity index (χ3n) is 3.58. The maximum absolute atomic E-state index is 9.11. The highest BCUT2D eigenvalue weighted by atomic mass is 16.3. The van der Waals surface area contributed by atoms with Crippen LogP contribution in [0.5, 0.6) is 0 Å². The number of hydrogen-bond donors (Lipinski definition) is 1. The number of rotatable bonds is 3. The van der Waals surface area contributed by atoms with Gasteiger partial charge in [0.1, 0.15) is 0 Å². The van der Waals surface area contributed by atoms with Gasteiger partial charge in [-0.1, -0.05) is 80.6 Å². The Morgan fingerprint density at radius 3 is 2.21 bits per heavy atom. The zero-order valence-electron chi connectivity index (χ0n) is 11.5. The van der Waals surface area contributed by atoms with Crippen LogP contribution in [0.3, 0.4) is 0 Å². The third kappa shape index (κ3) is 3.12. The molecule has 1 aromatic carbocycles. The third-order valence-corrected chi connectivity index (χ3v) is 3.58. The lowest BCUT2D eigenvalue weighted by Gasteiger charge is -2.27. The number of allylic oxidation sites excluding steroid dienone is 8. The van der Waals surface area contributed by atoms with E-state index < -0.39 is 0 Å². The molecule has 0 aromatic heterocycles. The van der Waals surface area contributed by atoms with Gasteiger partial charge in [-0.15, -0.1) is 0 Å². The second-order valence-corrected chi connectivity index (χ2v) is 5.23. The molecule has 1 N–H and O–H groups in total. The summed E-state index contributed by atoms with van der Waals surface area (Å²) < 4.78 is 0. The van der Waals surface area contributed by atoms with E-state index in [2.05, 4.69) is 50.3 Å². The van der Waals surface area contributed by atoms with Crippen LogP contribution in [0.15, 0.2) is 72.4 Å². The molecule has 1 aliphatic rings. The fourth-order valence-corrected chi connectivity index (χ4v) is 2.18. The van der Waals surface area contributed by atoms with E-state index in [-0.39, 0.29) is 12.0 Å². The normalized spacial score (nSPS) is 22.8. The quantitative estimate of drug-likeness (QED) is 0.860. The van der Waals surface area contributed by atoms with Crippen LogP contribution in [0.25, 0.3) is 0 Å². The van der Waals surface area contributed by atoms with E-state index >= 15 is 0 Å². The summed E-state index contributed by atoms with van der Waals surface area (Å²) in [7, 11) is 0. The Bertz CT molecular complexity index is 540. The van der Waals surface area contributed by atoms with Crippen LogP contribution in [0.1, 0.15) is 25.0 Å². The van der Waals surface area contributed by atoms with Crippen molar-refractivity contribution in [2.45, 2.75) is 25.9 Å². The monoisotopic (exact) mass is 252 g/mol. The van der Waals surface area contributed by atoms with Gasteiger partial charge in [0.05, 0.1) is 6.61 Å². The molecule has 0 atom stereocenters. The standard InChI is InChI=1S/C18H20O/c1-18(2,16-8-6-4-3-5-7-9-16)17-12-10-15(14-19)11-13-17/h3-13,19H,14H2,1-2H3/b4-3-,5-3?,6-4?,7-5-,8-6-,9-7?,16-8?,16-9+. The summed E-state index contributed by atoms with van der Waals surface area (Å²) in [6, 6.07) is 8.16. The van der Waals surface area contributed by atoms with Crippen LogP contribution in [-0.2, 0) is 12.0 Å². The Morgan fingerprint density at radius 2 is 1.53 bits per heavy atom. The van der Waals surface area contributed by atoms with E-state index in [1.165, 1.54) is 11.1 Å². The van der Waals surface area contributed by atoms with Gasteiger partial charge in [0.25, 0.3) is 0 Å². The molecular weight excluding hydrogens is 232 g/mol. The minimum atomic E-state index is -0.0555. The van der Waals surface area contributed by atoms with Gasteiger partial charge in [-0.2, -0.15) is 0 Å². The fourth-order valence-electron chi connectivity index (χ4n) is 2.18. The minimum absolute atomic E-state index is 0.0555. The molecule has 1 heteroatoms. The summed E-state index contributed by atoms with van der Waals surface area (Å²) >= 11 is 0. The average Bonchev–Trinajstić information content (AvgIpc) is 2.38. The second-order valence-electron chi connectivity index (χ2n) is 5.23. The Labute approximate surface area is 115 Å². The number of hydrogen-bond acceptors (Lipinski definition) is 1. The summed E-state index contributed by atoms with van der Waals surface area (Å²) in [6.45, 7) is 4.53. The van der Waals surface area contributed by atoms with Crippen molar-refractivity contribution in [3.05, 3.63) is 83.5 Å². The fraction of sp³-hybridized carbons (Fsp3) is 0.222. The van der Waals surface area contributed by atoms with E-state index in [4.69, 9.17) is 5.11 Å². The van der Waals surface area contributed by atoms with Crippen LogP contribution in [0.4, 0.5) is 0 Å². The molecule has 2 rings (SSSR count). The average molecular weight is 252 g/mol. The van der Waals surface area contributed by atoms with Crippen LogP contribution < -0.4 is 0 Å². The van der Waals surface area contributed by atoms with E-state index in [0.717, 1.165) is 5.56 Å². The zero-order chi connectivity index (χ0) is 13.7. The molecule has 0 unspecified atom stereocenters. The Hall–Kier alpha value is -1.86. The van der Waals surface area contributed by atoms with Gasteiger partial charge < -0.3 is 5.11 Å². The van der Waals surface area contributed by atoms with E-state index in [1.807, 2.05) is 30.4 Å². The molecule has 0 saturated heterocycles. The first kappa shape index (κ1) is 13.6. The number of aliphatic hydroxyl groups is 1. The zero-order valence-corrected chi connectivity index (χ0v) is 11.5. The molecule has 0 saturated carbocycles. The highest BCUT2D eigenvalue weighted by molar-refractivity contribution is 5.44. The molecule has 98 valence electrons. The molecular formula is C18H20O. The highest BCUT2D eigenvalue weighted by Crippen LogP contribution is 2.32. The molecule has 1 aliphatic carbocycles. The van der Waals surface area contributed by atoms with Crippen molar-refractivity contribution in [1.29, 1.82) is 0 Å². The summed E-state index contributed by atoms with van der Waals surface area (Å²) in [5, 5.41) is 9.11. The van der Waals surface area contributed by atoms with Gasteiger partial charge in [-0.25, -0.2) is 0 Å². The van der Waals surface area contributed by atoms with Crippen LogP contribution in [0.2, 0.25) is 0 Å². The molecule has 0 spiro atoms. The number of benzene rings is 1. The van der Waals surface area contributed by atoms with Gasteiger partial charge in [-0.05, 0) is 16.7 Å². The van der Waals surface area contributed by atoms with Crippen molar-refractivity contribution < 1.29 is 5.11 Å². The molecule has 0 heterocycles. The Morgan fingerprint density at radius 1 is 0.895 bits per heavy atom. The lowest BCUT2D eigenvalue weighted by Crippen LogP contribution is -2.19. The summed E-state index contributed by atoms with van der Waals surface area (Å²) in [5.74, 6) is 0. The smallest absolute Gasteiger partial charge is 0.0681 e. The summed E-state index contributed by atoms with van der Waals surface area (Å²) in [6.07, 6.45) is 14.5. The SMILES string of the molecule is CC(C)(C1=C/C=C\C=C/C=C\1)c1ccc(CO)cc1. The van der Waals surface area contributed by atoms with Gasteiger partial charge >= 0.3 is 0 Å². The van der Waals surface area contributed by atoms with Gasteiger partial charge in [0, 0.05) is 5.41 Å². The predicted molar refractivity (Wildman–Crippen MR) is 80.9 cm³/mol. The minimum Gasteiger partial charge on any atom is -0.392 e. The van der Waals surface area contributed by atoms with Crippen LogP contribution in [0, 0.1) is 0 Å². The molecule has 0 aliphatic heterocycles. The summed E-state index contributed by atoms with van der Waals surface area (Å²) in [4.78, 5) is 0. The molecule has 0 amide bonds. The van der Waals surface area contributed by atoms with E-state index in [9.17, 15) is 0 Å². The van der Waals surface area contributed by atoms with Gasteiger partial charge in [0.2, 0.25) is 0 Å². The second kappa shape index (κ2) is 5.85. The molecule has 0 radical (unpaired) electrons. The van der Waals surface area contributed by atoms with Crippen molar-refractivity contribution >= 4 is 0 Å². The molecule has 1 nitrogen and oxygen atoms in total. The van der Waals surface area contributed by atoms with Crippen molar-refractivity contribution in [3.63, 3.8) is 0 Å². The Kier molecular flexibility index (Phi) is 4.18. The van der Waals surface area contributed by atoms with Crippen molar-refractivity contribution in [2.75, 3.05) is 0 Å². The first-order chi connectivity index (χ1) is 9.14. The van der Waals surface area contributed by atoms with Crippen molar-refractivity contribution in [3.8, 4) is 0 Å². The Balaban J connectivity index is 2.34. The first-order valence-corrected chi connectivity index (χ1v) is 6.57. The molecule has 0 fully saturated rings. The first-order valence-electron chi connectivity index (χ1n) is 6.57. The van der Waals surface area contributed by atoms with Gasteiger partial charge in [-0.3, -0.25) is 0 Å². The predicted octanol–water partition coefficient (Wildman–Crippen LogP) is 4.07. The van der Waals surface area contributed by atoms with E-state index in [0.29, 0.717) is 0 Å². The topological polar surface area (TPSA) is 20.2 Å². The number of aliphatic hydroxyl groups excluding tert-OH is 1. The maximum Gasteiger partial charge on any atom is 0.0681 e. The van der Waals surface area contributed by atoms with Crippen LogP contribution >= 0.6 is 0 Å². The van der Waals surface area contributed by atoms with Gasteiger partial charge in [0.15, 0.2) is 0 Å². The molecule has 1 aromatic rings. The van der Waals surface area contributed by atoms with Crippen LogP contribution in [-0.4, -0.2) is 5.11 Å². The lowest BCUT2D eigenvalue weighted by molar-refractivity contribution is 0.282. The van der Waals surface area contributed by atoms with Crippen molar-refractivity contribution in [2.24, 2.45) is 0 Å². The summed E-state index contributed by atoms with van der Waals surface area (Å²) in [5.41, 5.74) is 3.41.